The molecule has 0 aliphatic carbocycles. The molecular formula is C15H30N2O3. The molecule has 0 spiro atoms. The van der Waals surface area contributed by atoms with Gasteiger partial charge in [0.2, 0.25) is 0 Å². The van der Waals surface area contributed by atoms with Crippen molar-refractivity contribution in [2.24, 2.45) is 0 Å². The van der Waals surface area contributed by atoms with Gasteiger partial charge in [0.15, 0.2) is 0 Å². The van der Waals surface area contributed by atoms with Crippen LogP contribution in [0, 0.1) is 0 Å². The molecule has 2 unspecified atom stereocenters. The topological polar surface area (TPSA) is 50.8 Å². The number of rotatable bonds is 6. The maximum absolute atomic E-state index is 12.1. The third kappa shape index (κ3) is 6.09. The number of nitrogens with zero attached hydrogens (tertiary/aromatic N) is 1. The summed E-state index contributed by atoms with van der Waals surface area (Å²) < 4.78 is 10.9. The number of likely N-dealkylation sites (tertiary alicyclic amines) is 1. The van der Waals surface area contributed by atoms with E-state index in [-0.39, 0.29) is 18.2 Å². The lowest BCUT2D eigenvalue weighted by Gasteiger charge is -2.29. The van der Waals surface area contributed by atoms with E-state index >= 15 is 0 Å². The van der Waals surface area contributed by atoms with Crippen LogP contribution < -0.4 is 5.32 Å². The van der Waals surface area contributed by atoms with Crippen LogP contribution in [-0.4, -0.2) is 55.0 Å². The van der Waals surface area contributed by atoms with Crippen LogP contribution in [0.2, 0.25) is 0 Å². The Balaban J connectivity index is 2.35. The van der Waals surface area contributed by atoms with Crippen LogP contribution in [0.15, 0.2) is 0 Å². The zero-order chi connectivity index (χ0) is 15.2. The van der Waals surface area contributed by atoms with Crippen LogP contribution in [0.25, 0.3) is 0 Å². The molecule has 0 bridgehead atoms. The molecule has 0 aromatic rings. The first-order valence-electron chi connectivity index (χ1n) is 7.65. The molecule has 1 heterocycles. The average Bonchev–Trinajstić information content (AvgIpc) is 2.75. The smallest absolute Gasteiger partial charge is 0.410 e. The monoisotopic (exact) mass is 286 g/mol. The fraction of sp³-hybridized carbons (Fsp3) is 0.933. The Morgan fingerprint density at radius 3 is 2.75 bits per heavy atom. The summed E-state index contributed by atoms with van der Waals surface area (Å²) >= 11 is 0. The van der Waals surface area contributed by atoms with E-state index in [2.05, 4.69) is 12.2 Å². The van der Waals surface area contributed by atoms with Gasteiger partial charge >= 0.3 is 6.09 Å². The lowest BCUT2D eigenvalue weighted by molar-refractivity contribution is 0.0222. The molecule has 0 aromatic carbocycles. The number of nitrogens with one attached hydrogen (secondary N) is 1. The number of amides is 1. The van der Waals surface area contributed by atoms with E-state index < -0.39 is 5.60 Å². The van der Waals surface area contributed by atoms with E-state index in [9.17, 15) is 4.79 Å². The van der Waals surface area contributed by atoms with Crippen molar-refractivity contribution in [1.82, 2.24) is 10.2 Å². The van der Waals surface area contributed by atoms with E-state index in [1.807, 2.05) is 32.6 Å². The van der Waals surface area contributed by atoms with Crippen molar-refractivity contribution >= 4 is 6.09 Å². The van der Waals surface area contributed by atoms with Crippen molar-refractivity contribution in [2.45, 2.75) is 65.2 Å². The quantitative estimate of drug-likeness (QED) is 0.814. The molecule has 0 radical (unpaired) electrons. The van der Waals surface area contributed by atoms with Crippen LogP contribution >= 0.6 is 0 Å². The number of ether oxygens (including phenoxy) is 2. The molecule has 0 saturated carbocycles. The molecule has 1 saturated heterocycles. The van der Waals surface area contributed by atoms with Crippen molar-refractivity contribution in [3.63, 3.8) is 0 Å². The van der Waals surface area contributed by atoms with Crippen molar-refractivity contribution in [3.05, 3.63) is 0 Å². The third-order valence-electron chi connectivity index (χ3n) is 3.27. The Kier molecular flexibility index (Phi) is 6.76. The van der Waals surface area contributed by atoms with Crippen LogP contribution in [0.3, 0.4) is 0 Å². The van der Waals surface area contributed by atoms with E-state index in [1.54, 1.807) is 0 Å². The van der Waals surface area contributed by atoms with Crippen molar-refractivity contribution in [1.29, 1.82) is 0 Å². The zero-order valence-corrected chi connectivity index (χ0v) is 13.6. The first-order valence-corrected chi connectivity index (χ1v) is 7.65. The Hall–Kier alpha value is -0.810. The molecular weight excluding hydrogens is 256 g/mol. The van der Waals surface area contributed by atoms with Gasteiger partial charge in [0.1, 0.15) is 5.60 Å². The second-order valence-corrected chi connectivity index (χ2v) is 6.39. The zero-order valence-electron chi connectivity index (χ0n) is 13.6. The van der Waals surface area contributed by atoms with E-state index in [1.165, 1.54) is 0 Å². The lowest BCUT2D eigenvalue weighted by atomic mass is 10.2. The molecule has 1 aliphatic rings. The van der Waals surface area contributed by atoms with Crippen LogP contribution in [0.1, 0.15) is 47.5 Å². The maximum Gasteiger partial charge on any atom is 0.410 e. The highest BCUT2D eigenvalue weighted by Gasteiger charge is 2.31. The fourth-order valence-electron chi connectivity index (χ4n) is 2.41. The highest BCUT2D eigenvalue weighted by Crippen LogP contribution is 2.20. The summed E-state index contributed by atoms with van der Waals surface area (Å²) in [6, 6.07) is 0.235. The predicted octanol–water partition coefficient (Wildman–Crippen LogP) is 2.40. The number of carbonyl (C=O) groups is 1. The normalized spacial score (nSPS) is 21.1. The lowest BCUT2D eigenvalue weighted by Crippen LogP contribution is -2.45. The summed E-state index contributed by atoms with van der Waals surface area (Å²) in [6.45, 7) is 12.9. The molecule has 20 heavy (non-hydrogen) atoms. The van der Waals surface area contributed by atoms with Gasteiger partial charge < -0.3 is 19.7 Å². The molecule has 0 aromatic heterocycles. The van der Waals surface area contributed by atoms with Crippen molar-refractivity contribution in [2.75, 3.05) is 26.2 Å². The molecule has 5 nitrogen and oxygen atoms in total. The van der Waals surface area contributed by atoms with Crippen LogP contribution in [0.5, 0.6) is 0 Å². The first kappa shape index (κ1) is 17.2. The van der Waals surface area contributed by atoms with E-state index in [4.69, 9.17) is 9.47 Å². The van der Waals surface area contributed by atoms with Gasteiger partial charge in [0, 0.05) is 32.3 Å². The fourth-order valence-corrected chi connectivity index (χ4v) is 2.41. The second-order valence-electron chi connectivity index (χ2n) is 6.39. The Morgan fingerprint density at radius 1 is 1.45 bits per heavy atom. The van der Waals surface area contributed by atoms with Gasteiger partial charge in [-0.15, -0.1) is 0 Å². The summed E-state index contributed by atoms with van der Waals surface area (Å²) in [4.78, 5) is 14.0. The molecule has 5 heteroatoms. The minimum absolute atomic E-state index is 0.195. The standard InChI is InChI=1S/C15H30N2O3/c1-6-19-12(2)10-16-11-13-8-7-9-17(13)14(18)20-15(3,4)5/h12-13,16H,6-11H2,1-5H3. The molecule has 118 valence electrons. The second kappa shape index (κ2) is 7.84. The van der Waals surface area contributed by atoms with Gasteiger partial charge in [-0.2, -0.15) is 0 Å². The molecule has 2 atom stereocenters. The minimum atomic E-state index is -0.429. The SMILES string of the molecule is CCOC(C)CNCC1CCCN1C(=O)OC(C)(C)C. The first-order chi connectivity index (χ1) is 9.33. The Morgan fingerprint density at radius 2 is 2.15 bits per heavy atom. The number of carbonyl (C=O) groups excluding carboxylic acids is 1. The molecule has 1 N–H and O–H groups in total. The van der Waals surface area contributed by atoms with Crippen LogP contribution in [-0.2, 0) is 9.47 Å². The molecule has 1 fully saturated rings. The van der Waals surface area contributed by atoms with Crippen molar-refractivity contribution < 1.29 is 14.3 Å². The van der Waals surface area contributed by atoms with Gasteiger partial charge in [-0.1, -0.05) is 0 Å². The molecule has 1 rings (SSSR count). The predicted molar refractivity (Wildman–Crippen MR) is 79.9 cm³/mol. The van der Waals surface area contributed by atoms with Gasteiger partial charge in [-0.05, 0) is 47.5 Å². The Labute approximate surface area is 123 Å². The van der Waals surface area contributed by atoms with E-state index in [0.717, 1.165) is 39.1 Å². The van der Waals surface area contributed by atoms with Gasteiger partial charge in [-0.3, -0.25) is 0 Å². The highest BCUT2D eigenvalue weighted by atomic mass is 16.6. The Bertz CT molecular complexity index is 302. The summed E-state index contributed by atoms with van der Waals surface area (Å²) in [6.07, 6.45) is 2.10. The average molecular weight is 286 g/mol. The number of hydrogen-bond acceptors (Lipinski definition) is 4. The van der Waals surface area contributed by atoms with Crippen molar-refractivity contribution in [3.8, 4) is 0 Å². The number of hydrogen-bond donors (Lipinski definition) is 1. The summed E-state index contributed by atoms with van der Waals surface area (Å²) in [7, 11) is 0. The minimum Gasteiger partial charge on any atom is -0.444 e. The molecule has 1 aliphatic heterocycles. The summed E-state index contributed by atoms with van der Waals surface area (Å²) in [5, 5.41) is 3.39. The summed E-state index contributed by atoms with van der Waals surface area (Å²) in [5.41, 5.74) is -0.429. The van der Waals surface area contributed by atoms with Gasteiger partial charge in [0.05, 0.1) is 6.10 Å². The van der Waals surface area contributed by atoms with E-state index in [0.29, 0.717) is 0 Å². The molecule has 1 amide bonds. The highest BCUT2D eigenvalue weighted by molar-refractivity contribution is 5.69. The third-order valence-corrected chi connectivity index (χ3v) is 3.27. The summed E-state index contributed by atoms with van der Waals surface area (Å²) in [5.74, 6) is 0. The van der Waals surface area contributed by atoms with Gasteiger partial charge in [-0.25, -0.2) is 4.79 Å². The largest absolute Gasteiger partial charge is 0.444 e. The van der Waals surface area contributed by atoms with Gasteiger partial charge in [0.25, 0.3) is 0 Å². The maximum atomic E-state index is 12.1. The van der Waals surface area contributed by atoms with Crippen LogP contribution in [0.4, 0.5) is 4.79 Å².